The van der Waals surface area contributed by atoms with Crippen LogP contribution < -0.4 is 9.46 Å². The lowest BCUT2D eigenvalue weighted by molar-refractivity contribution is 0.414. The number of aryl methyl sites for hydroxylation is 1. The van der Waals surface area contributed by atoms with Gasteiger partial charge >= 0.3 is 0 Å². The fraction of sp³-hybridized carbons (Fsp3) is 0.176. The summed E-state index contributed by atoms with van der Waals surface area (Å²) in [5.41, 5.74) is 1.82. The number of benzene rings is 2. The summed E-state index contributed by atoms with van der Waals surface area (Å²) in [6.45, 7) is 1.85. The smallest absolute Gasteiger partial charge is 0.248 e. The van der Waals surface area contributed by atoms with Crippen molar-refractivity contribution in [1.82, 2.24) is 14.9 Å². The third-order valence-electron chi connectivity index (χ3n) is 3.63. The lowest BCUT2D eigenvalue weighted by Gasteiger charge is -2.05. The van der Waals surface area contributed by atoms with Crippen LogP contribution in [0.3, 0.4) is 0 Å². The molecule has 0 aliphatic rings. The van der Waals surface area contributed by atoms with E-state index in [1.807, 2.05) is 31.2 Å². The van der Waals surface area contributed by atoms with Gasteiger partial charge in [0.1, 0.15) is 5.75 Å². The molecule has 1 aromatic heterocycles. The minimum atomic E-state index is -3.68. The Labute approximate surface area is 145 Å². The highest BCUT2D eigenvalue weighted by Crippen LogP contribution is 2.21. The molecule has 130 valence electrons. The average Bonchev–Trinajstić information content (AvgIpc) is 3.09. The van der Waals surface area contributed by atoms with Crippen LogP contribution in [0, 0.1) is 6.92 Å². The van der Waals surface area contributed by atoms with Crippen molar-refractivity contribution in [2.45, 2.75) is 18.4 Å². The second-order valence-electron chi connectivity index (χ2n) is 5.32. The van der Waals surface area contributed by atoms with Crippen LogP contribution in [-0.2, 0) is 16.6 Å². The third-order valence-corrected chi connectivity index (χ3v) is 5.04. The number of ether oxygens (including phenoxy) is 1. The van der Waals surface area contributed by atoms with E-state index in [1.54, 1.807) is 12.1 Å². The first-order valence-electron chi connectivity index (χ1n) is 7.52. The van der Waals surface area contributed by atoms with E-state index < -0.39 is 10.0 Å². The van der Waals surface area contributed by atoms with Gasteiger partial charge in [-0.3, -0.25) is 0 Å². The number of hydrogen-bond acceptors (Lipinski definition) is 6. The van der Waals surface area contributed by atoms with Gasteiger partial charge in [0, 0.05) is 5.56 Å². The van der Waals surface area contributed by atoms with Crippen molar-refractivity contribution in [3.8, 4) is 17.2 Å². The van der Waals surface area contributed by atoms with Crippen molar-refractivity contribution in [3.05, 3.63) is 60.0 Å². The van der Waals surface area contributed by atoms with Gasteiger partial charge in [-0.2, -0.15) is 0 Å². The summed E-state index contributed by atoms with van der Waals surface area (Å²) >= 11 is 0. The summed E-state index contributed by atoms with van der Waals surface area (Å²) in [6.07, 6.45) is 0. The molecular weight excluding hydrogens is 342 g/mol. The highest BCUT2D eigenvalue weighted by atomic mass is 32.2. The molecule has 0 amide bonds. The van der Waals surface area contributed by atoms with Gasteiger partial charge in [-0.1, -0.05) is 18.2 Å². The quantitative estimate of drug-likeness (QED) is 0.727. The monoisotopic (exact) mass is 359 g/mol. The summed E-state index contributed by atoms with van der Waals surface area (Å²) in [5.74, 6) is 1.13. The third kappa shape index (κ3) is 3.86. The Hall–Kier alpha value is -2.71. The lowest BCUT2D eigenvalue weighted by Crippen LogP contribution is -2.23. The largest absolute Gasteiger partial charge is 0.497 e. The number of rotatable bonds is 6. The molecule has 1 N–H and O–H groups in total. The van der Waals surface area contributed by atoms with Gasteiger partial charge in [0.25, 0.3) is 0 Å². The number of nitrogens with zero attached hydrogens (tertiary/aromatic N) is 2. The van der Waals surface area contributed by atoms with Gasteiger partial charge in [-0.15, -0.1) is 10.2 Å². The molecule has 0 unspecified atom stereocenters. The minimum absolute atomic E-state index is 0.0900. The van der Waals surface area contributed by atoms with Crippen LogP contribution in [0.5, 0.6) is 5.75 Å². The number of nitrogens with one attached hydrogen (secondary N) is 1. The molecule has 8 heteroatoms. The Morgan fingerprint density at radius 3 is 2.48 bits per heavy atom. The molecule has 0 aliphatic heterocycles. The van der Waals surface area contributed by atoms with Gasteiger partial charge in [-0.25, -0.2) is 13.1 Å². The van der Waals surface area contributed by atoms with E-state index in [-0.39, 0.29) is 17.3 Å². The molecule has 7 nitrogen and oxygen atoms in total. The summed E-state index contributed by atoms with van der Waals surface area (Å²) in [5, 5.41) is 7.87. The molecule has 0 atom stereocenters. The molecule has 0 radical (unpaired) electrons. The zero-order chi connectivity index (χ0) is 17.9. The van der Waals surface area contributed by atoms with Crippen molar-refractivity contribution < 1.29 is 17.6 Å². The van der Waals surface area contributed by atoms with E-state index >= 15 is 0 Å². The maximum Gasteiger partial charge on any atom is 0.248 e. The Morgan fingerprint density at radius 1 is 1.08 bits per heavy atom. The fourth-order valence-electron chi connectivity index (χ4n) is 2.24. The summed E-state index contributed by atoms with van der Waals surface area (Å²) < 4.78 is 37.6. The van der Waals surface area contributed by atoms with Crippen LogP contribution in [0.4, 0.5) is 0 Å². The van der Waals surface area contributed by atoms with E-state index in [2.05, 4.69) is 14.9 Å². The van der Waals surface area contributed by atoms with Crippen molar-refractivity contribution >= 4 is 10.0 Å². The number of aromatic nitrogens is 2. The van der Waals surface area contributed by atoms with Crippen molar-refractivity contribution in [2.24, 2.45) is 0 Å². The SMILES string of the molecule is COc1ccc(S(=O)(=O)NCc2nnc(-c3ccccc3C)o2)cc1. The first kappa shape index (κ1) is 17.1. The van der Waals surface area contributed by atoms with Crippen molar-refractivity contribution in [2.75, 3.05) is 7.11 Å². The number of methoxy groups -OCH3 is 1. The molecule has 3 rings (SSSR count). The maximum absolute atomic E-state index is 12.3. The number of sulfonamides is 1. The molecular formula is C17H17N3O4S. The average molecular weight is 359 g/mol. The second-order valence-corrected chi connectivity index (χ2v) is 7.08. The highest BCUT2D eigenvalue weighted by molar-refractivity contribution is 7.89. The van der Waals surface area contributed by atoms with Crippen LogP contribution in [0.2, 0.25) is 0 Å². The molecule has 0 bridgehead atoms. The van der Waals surface area contributed by atoms with Crippen LogP contribution in [0.1, 0.15) is 11.5 Å². The topological polar surface area (TPSA) is 94.3 Å². The first-order valence-corrected chi connectivity index (χ1v) is 9.00. The first-order chi connectivity index (χ1) is 12.0. The highest BCUT2D eigenvalue weighted by Gasteiger charge is 2.16. The Morgan fingerprint density at radius 2 is 1.80 bits per heavy atom. The minimum Gasteiger partial charge on any atom is -0.497 e. The van der Waals surface area contributed by atoms with E-state index in [0.717, 1.165) is 11.1 Å². The lowest BCUT2D eigenvalue weighted by atomic mass is 10.1. The van der Waals surface area contributed by atoms with E-state index in [4.69, 9.17) is 9.15 Å². The van der Waals surface area contributed by atoms with Crippen LogP contribution >= 0.6 is 0 Å². The van der Waals surface area contributed by atoms with E-state index in [1.165, 1.54) is 19.2 Å². The van der Waals surface area contributed by atoms with Gasteiger partial charge in [0.15, 0.2) is 0 Å². The Balaban J connectivity index is 1.72. The van der Waals surface area contributed by atoms with Crippen molar-refractivity contribution in [1.29, 1.82) is 0 Å². The molecule has 0 fully saturated rings. The second kappa shape index (κ2) is 7.04. The van der Waals surface area contributed by atoms with Crippen molar-refractivity contribution in [3.63, 3.8) is 0 Å². The Bertz CT molecular complexity index is 966. The molecule has 1 heterocycles. The zero-order valence-electron chi connectivity index (χ0n) is 13.8. The Kier molecular flexibility index (Phi) is 4.82. The van der Waals surface area contributed by atoms with Gasteiger partial charge in [0.05, 0.1) is 18.6 Å². The van der Waals surface area contributed by atoms with Gasteiger partial charge < -0.3 is 9.15 Å². The van der Waals surface area contributed by atoms with Gasteiger partial charge in [-0.05, 0) is 42.8 Å². The molecule has 0 aliphatic carbocycles. The molecule has 0 spiro atoms. The van der Waals surface area contributed by atoms with Crippen LogP contribution in [0.15, 0.2) is 57.8 Å². The summed E-state index contributed by atoms with van der Waals surface area (Å²) in [7, 11) is -2.16. The van der Waals surface area contributed by atoms with E-state index in [9.17, 15) is 8.42 Å². The molecule has 0 saturated heterocycles. The predicted molar refractivity (Wildman–Crippen MR) is 91.5 cm³/mol. The maximum atomic E-state index is 12.3. The van der Waals surface area contributed by atoms with Gasteiger partial charge in [0.2, 0.25) is 21.8 Å². The molecule has 0 saturated carbocycles. The van der Waals surface area contributed by atoms with E-state index in [0.29, 0.717) is 11.6 Å². The number of hydrogen-bond donors (Lipinski definition) is 1. The fourth-order valence-corrected chi connectivity index (χ4v) is 3.22. The molecule has 2 aromatic carbocycles. The zero-order valence-corrected chi connectivity index (χ0v) is 14.6. The summed E-state index contributed by atoms with van der Waals surface area (Å²) in [6, 6.07) is 13.7. The summed E-state index contributed by atoms with van der Waals surface area (Å²) in [4.78, 5) is 0.131. The normalized spacial score (nSPS) is 11.4. The predicted octanol–water partition coefficient (Wildman–Crippen LogP) is 2.53. The van der Waals surface area contributed by atoms with Crippen LogP contribution in [0.25, 0.3) is 11.5 Å². The standard InChI is InChI=1S/C17H17N3O4S/c1-12-5-3-4-6-15(12)17-20-19-16(24-17)11-18-25(21,22)14-9-7-13(23-2)8-10-14/h3-10,18H,11H2,1-2H3. The molecule has 3 aromatic rings. The van der Waals surface area contributed by atoms with Crippen LogP contribution in [-0.4, -0.2) is 25.7 Å². The molecule has 25 heavy (non-hydrogen) atoms.